The summed E-state index contributed by atoms with van der Waals surface area (Å²) in [5.74, 6) is 0. The number of likely N-dealkylation sites (tertiary alicyclic amines) is 1. The standard InChI is InChI=1S/C9H18N2O2/c10-6-1-2-7(3-6)11-4-8(12)9(13)5-11/h6-9,12-13H,1-5,10H2. The van der Waals surface area contributed by atoms with Crippen LogP contribution in [0.1, 0.15) is 19.3 Å². The predicted octanol–water partition coefficient (Wildman–Crippen LogP) is -1.10. The zero-order valence-corrected chi connectivity index (χ0v) is 7.76. The van der Waals surface area contributed by atoms with E-state index in [1.54, 1.807) is 0 Å². The van der Waals surface area contributed by atoms with E-state index in [-0.39, 0.29) is 0 Å². The van der Waals surface area contributed by atoms with Crippen LogP contribution in [0.4, 0.5) is 0 Å². The van der Waals surface area contributed by atoms with Crippen molar-refractivity contribution in [3.8, 4) is 0 Å². The van der Waals surface area contributed by atoms with Crippen LogP contribution in [0.2, 0.25) is 0 Å². The number of β-amino-alcohol motifs (C(OH)–C–C–N with tert-alkyl or cyclic N) is 2. The van der Waals surface area contributed by atoms with Crippen LogP contribution in [0.5, 0.6) is 0 Å². The van der Waals surface area contributed by atoms with E-state index in [2.05, 4.69) is 4.90 Å². The summed E-state index contributed by atoms with van der Waals surface area (Å²) in [6.45, 7) is 1.22. The van der Waals surface area contributed by atoms with Gasteiger partial charge in [0.05, 0.1) is 12.2 Å². The third kappa shape index (κ3) is 1.86. The Kier molecular flexibility index (Phi) is 2.55. The fourth-order valence-electron chi connectivity index (χ4n) is 2.42. The van der Waals surface area contributed by atoms with Crippen molar-refractivity contribution in [2.24, 2.45) is 5.73 Å². The van der Waals surface area contributed by atoms with E-state index >= 15 is 0 Å². The molecule has 2 aliphatic rings. The van der Waals surface area contributed by atoms with Gasteiger partial charge in [0.15, 0.2) is 0 Å². The number of aliphatic hydroxyl groups excluding tert-OH is 2. The molecule has 4 N–H and O–H groups in total. The molecule has 2 rings (SSSR count). The van der Waals surface area contributed by atoms with E-state index in [1.807, 2.05) is 0 Å². The maximum absolute atomic E-state index is 9.37. The van der Waals surface area contributed by atoms with Gasteiger partial charge in [-0.05, 0) is 19.3 Å². The van der Waals surface area contributed by atoms with Gasteiger partial charge < -0.3 is 15.9 Å². The van der Waals surface area contributed by atoms with Crippen LogP contribution in [0.15, 0.2) is 0 Å². The van der Waals surface area contributed by atoms with Crippen molar-refractivity contribution in [1.29, 1.82) is 0 Å². The zero-order chi connectivity index (χ0) is 9.42. The van der Waals surface area contributed by atoms with Crippen molar-refractivity contribution in [2.75, 3.05) is 13.1 Å². The summed E-state index contributed by atoms with van der Waals surface area (Å²) >= 11 is 0. The molecule has 4 nitrogen and oxygen atoms in total. The van der Waals surface area contributed by atoms with Crippen molar-refractivity contribution in [2.45, 2.75) is 43.6 Å². The highest BCUT2D eigenvalue weighted by Gasteiger charge is 2.36. The molecule has 0 spiro atoms. The molecule has 4 atom stereocenters. The Balaban J connectivity index is 1.89. The summed E-state index contributed by atoms with van der Waals surface area (Å²) in [6.07, 6.45) is 2.08. The number of rotatable bonds is 1. The molecule has 0 radical (unpaired) electrons. The van der Waals surface area contributed by atoms with Crippen molar-refractivity contribution >= 4 is 0 Å². The van der Waals surface area contributed by atoms with Gasteiger partial charge in [0.1, 0.15) is 0 Å². The molecule has 1 saturated carbocycles. The average Bonchev–Trinajstić information content (AvgIpc) is 2.61. The van der Waals surface area contributed by atoms with Gasteiger partial charge in [0, 0.05) is 25.2 Å². The fourth-order valence-corrected chi connectivity index (χ4v) is 2.42. The number of nitrogens with two attached hydrogens (primary N) is 1. The van der Waals surface area contributed by atoms with E-state index in [1.165, 1.54) is 0 Å². The van der Waals surface area contributed by atoms with E-state index in [0.29, 0.717) is 25.2 Å². The van der Waals surface area contributed by atoms with Gasteiger partial charge in [-0.15, -0.1) is 0 Å². The normalized spacial score (nSPS) is 47.3. The molecule has 76 valence electrons. The Morgan fingerprint density at radius 1 is 1.08 bits per heavy atom. The van der Waals surface area contributed by atoms with Gasteiger partial charge in [0.2, 0.25) is 0 Å². The highest BCUT2D eigenvalue weighted by molar-refractivity contribution is 4.92. The Morgan fingerprint density at radius 3 is 2.15 bits per heavy atom. The van der Waals surface area contributed by atoms with E-state index in [4.69, 9.17) is 5.73 Å². The predicted molar refractivity (Wildman–Crippen MR) is 49.2 cm³/mol. The molecule has 2 fully saturated rings. The lowest BCUT2D eigenvalue weighted by molar-refractivity contribution is 0.0572. The molecule has 13 heavy (non-hydrogen) atoms. The molecule has 1 aliphatic carbocycles. The molecule has 0 amide bonds. The smallest absolute Gasteiger partial charge is 0.0938 e. The van der Waals surface area contributed by atoms with Gasteiger partial charge in [-0.25, -0.2) is 0 Å². The fraction of sp³-hybridized carbons (Fsp3) is 1.00. The second-order valence-corrected chi connectivity index (χ2v) is 4.32. The zero-order valence-electron chi connectivity index (χ0n) is 7.76. The van der Waals surface area contributed by atoms with E-state index in [0.717, 1.165) is 19.3 Å². The molecule has 1 aliphatic heterocycles. The van der Waals surface area contributed by atoms with Crippen LogP contribution in [-0.2, 0) is 0 Å². The van der Waals surface area contributed by atoms with Crippen LogP contribution in [0.25, 0.3) is 0 Å². The summed E-state index contributed by atoms with van der Waals surface area (Å²) in [5.41, 5.74) is 5.81. The second kappa shape index (κ2) is 3.53. The molecular formula is C9H18N2O2. The Labute approximate surface area is 78.3 Å². The number of aliphatic hydroxyl groups is 2. The Hall–Kier alpha value is -0.160. The molecule has 4 heteroatoms. The minimum absolute atomic E-state index is 0.319. The van der Waals surface area contributed by atoms with Gasteiger partial charge in [-0.3, -0.25) is 4.90 Å². The molecule has 0 aromatic heterocycles. The first kappa shape index (κ1) is 9.40. The summed E-state index contributed by atoms with van der Waals surface area (Å²) in [7, 11) is 0. The topological polar surface area (TPSA) is 69.7 Å². The lowest BCUT2D eigenvalue weighted by atomic mass is 10.2. The maximum Gasteiger partial charge on any atom is 0.0938 e. The first-order valence-corrected chi connectivity index (χ1v) is 5.02. The lowest BCUT2D eigenvalue weighted by Gasteiger charge is -2.22. The van der Waals surface area contributed by atoms with Crippen LogP contribution in [0, 0.1) is 0 Å². The first-order valence-electron chi connectivity index (χ1n) is 5.02. The van der Waals surface area contributed by atoms with Crippen LogP contribution < -0.4 is 5.73 Å². The molecule has 1 heterocycles. The quantitative estimate of drug-likeness (QED) is 0.486. The van der Waals surface area contributed by atoms with Gasteiger partial charge in [-0.2, -0.15) is 0 Å². The third-order valence-electron chi connectivity index (χ3n) is 3.25. The summed E-state index contributed by atoms with van der Waals surface area (Å²) < 4.78 is 0. The van der Waals surface area contributed by atoms with Crippen molar-refractivity contribution in [3.05, 3.63) is 0 Å². The number of hydrogen-bond donors (Lipinski definition) is 3. The molecule has 0 aromatic carbocycles. The summed E-state index contributed by atoms with van der Waals surface area (Å²) in [4.78, 5) is 2.17. The first-order chi connectivity index (χ1) is 6.16. The molecule has 1 saturated heterocycles. The largest absolute Gasteiger partial charge is 0.389 e. The van der Waals surface area contributed by atoms with Crippen LogP contribution in [-0.4, -0.2) is 52.5 Å². The minimum atomic E-state index is -0.558. The van der Waals surface area contributed by atoms with E-state index < -0.39 is 12.2 Å². The number of hydrogen-bond acceptors (Lipinski definition) is 4. The van der Waals surface area contributed by atoms with Crippen molar-refractivity contribution < 1.29 is 10.2 Å². The van der Waals surface area contributed by atoms with Gasteiger partial charge >= 0.3 is 0 Å². The Bertz CT molecular complexity index is 178. The molecular weight excluding hydrogens is 168 g/mol. The lowest BCUT2D eigenvalue weighted by Crippen LogP contribution is -2.33. The molecule has 0 bridgehead atoms. The Morgan fingerprint density at radius 2 is 1.69 bits per heavy atom. The molecule has 4 unspecified atom stereocenters. The van der Waals surface area contributed by atoms with Gasteiger partial charge in [0.25, 0.3) is 0 Å². The SMILES string of the molecule is NC1CCC(N2CC(O)C(O)C2)C1. The van der Waals surface area contributed by atoms with Crippen LogP contribution >= 0.6 is 0 Å². The highest BCUT2D eigenvalue weighted by atomic mass is 16.3. The molecule has 0 aromatic rings. The summed E-state index contributed by atoms with van der Waals surface area (Å²) in [6, 6.07) is 0.807. The number of nitrogens with zero attached hydrogens (tertiary/aromatic N) is 1. The maximum atomic E-state index is 9.37. The highest BCUT2D eigenvalue weighted by Crippen LogP contribution is 2.26. The summed E-state index contributed by atoms with van der Waals surface area (Å²) in [5, 5.41) is 18.7. The minimum Gasteiger partial charge on any atom is -0.389 e. The van der Waals surface area contributed by atoms with Crippen LogP contribution in [0.3, 0.4) is 0 Å². The third-order valence-corrected chi connectivity index (χ3v) is 3.25. The van der Waals surface area contributed by atoms with Crippen molar-refractivity contribution in [1.82, 2.24) is 4.90 Å². The average molecular weight is 186 g/mol. The van der Waals surface area contributed by atoms with E-state index in [9.17, 15) is 10.2 Å². The second-order valence-electron chi connectivity index (χ2n) is 4.32. The van der Waals surface area contributed by atoms with Gasteiger partial charge in [-0.1, -0.05) is 0 Å². The monoisotopic (exact) mass is 186 g/mol. The van der Waals surface area contributed by atoms with Crippen molar-refractivity contribution in [3.63, 3.8) is 0 Å².